The van der Waals surface area contributed by atoms with E-state index in [0.29, 0.717) is 13.0 Å². The minimum Gasteiger partial charge on any atom is -0.480 e. The van der Waals surface area contributed by atoms with Gasteiger partial charge in [0.15, 0.2) is 0 Å². The SMILES string of the molecule is COCCCC(NC(=O)N(C)c1ccccc1F)C(=O)O. The molecule has 116 valence electrons. The van der Waals surface area contributed by atoms with Crippen LogP contribution >= 0.6 is 0 Å². The number of para-hydroxylation sites is 1. The van der Waals surface area contributed by atoms with E-state index in [1.807, 2.05) is 0 Å². The Labute approximate surface area is 122 Å². The Bertz CT molecular complexity index is 496. The molecule has 0 spiro atoms. The number of rotatable bonds is 7. The van der Waals surface area contributed by atoms with Crippen molar-refractivity contribution in [2.24, 2.45) is 0 Å². The van der Waals surface area contributed by atoms with Gasteiger partial charge >= 0.3 is 12.0 Å². The quantitative estimate of drug-likeness (QED) is 0.753. The Kier molecular flexibility index (Phi) is 6.61. The fourth-order valence-electron chi connectivity index (χ4n) is 1.77. The first kappa shape index (κ1) is 16.9. The molecule has 1 aromatic carbocycles. The summed E-state index contributed by atoms with van der Waals surface area (Å²) in [5.74, 6) is -1.69. The van der Waals surface area contributed by atoms with Crippen molar-refractivity contribution in [2.75, 3.05) is 25.7 Å². The Morgan fingerprint density at radius 2 is 2.10 bits per heavy atom. The van der Waals surface area contributed by atoms with Gasteiger partial charge in [-0.15, -0.1) is 0 Å². The number of nitrogens with one attached hydrogen (secondary N) is 1. The van der Waals surface area contributed by atoms with Crippen LogP contribution in [0.25, 0.3) is 0 Å². The number of carboxylic acid groups (broad SMARTS) is 1. The highest BCUT2D eigenvalue weighted by Gasteiger charge is 2.22. The van der Waals surface area contributed by atoms with E-state index in [1.54, 1.807) is 6.07 Å². The van der Waals surface area contributed by atoms with E-state index in [-0.39, 0.29) is 12.1 Å². The summed E-state index contributed by atoms with van der Waals surface area (Å²) in [6.07, 6.45) is 0.733. The average Bonchev–Trinajstić information content (AvgIpc) is 2.45. The van der Waals surface area contributed by atoms with Gasteiger partial charge in [-0.1, -0.05) is 12.1 Å². The van der Waals surface area contributed by atoms with Crippen LogP contribution in [0.15, 0.2) is 24.3 Å². The van der Waals surface area contributed by atoms with Crippen LogP contribution in [-0.4, -0.2) is 43.9 Å². The molecule has 2 amide bonds. The molecule has 6 nitrogen and oxygen atoms in total. The highest BCUT2D eigenvalue weighted by Crippen LogP contribution is 2.17. The predicted molar refractivity (Wildman–Crippen MR) is 75.9 cm³/mol. The van der Waals surface area contributed by atoms with Crippen molar-refractivity contribution >= 4 is 17.7 Å². The molecule has 1 atom stereocenters. The minimum atomic E-state index is -1.14. The lowest BCUT2D eigenvalue weighted by molar-refractivity contribution is -0.139. The second-order valence-electron chi connectivity index (χ2n) is 4.49. The minimum absolute atomic E-state index is 0.0797. The van der Waals surface area contributed by atoms with Crippen molar-refractivity contribution < 1.29 is 23.8 Å². The van der Waals surface area contributed by atoms with E-state index in [9.17, 15) is 14.0 Å². The summed E-state index contributed by atoms with van der Waals surface area (Å²) in [7, 11) is 2.89. The standard InChI is InChI=1S/C14H19FN2O4/c1-17(12-8-4-3-6-10(12)15)14(20)16-11(13(18)19)7-5-9-21-2/h3-4,6,8,11H,5,7,9H2,1-2H3,(H,16,20)(H,18,19). The van der Waals surface area contributed by atoms with Crippen molar-refractivity contribution in [1.82, 2.24) is 5.32 Å². The smallest absolute Gasteiger partial charge is 0.326 e. The fraction of sp³-hybridized carbons (Fsp3) is 0.429. The first-order chi connectivity index (χ1) is 9.97. The highest BCUT2D eigenvalue weighted by molar-refractivity contribution is 5.94. The Morgan fingerprint density at radius 1 is 1.43 bits per heavy atom. The zero-order valence-corrected chi connectivity index (χ0v) is 12.0. The molecule has 21 heavy (non-hydrogen) atoms. The van der Waals surface area contributed by atoms with Crippen molar-refractivity contribution in [2.45, 2.75) is 18.9 Å². The number of aliphatic carboxylic acids is 1. The van der Waals surface area contributed by atoms with E-state index < -0.39 is 23.9 Å². The van der Waals surface area contributed by atoms with E-state index >= 15 is 0 Å². The predicted octanol–water partition coefficient (Wildman–Crippen LogP) is 1.85. The van der Waals surface area contributed by atoms with Crippen molar-refractivity contribution in [1.29, 1.82) is 0 Å². The van der Waals surface area contributed by atoms with Crippen LogP contribution in [0, 0.1) is 5.82 Å². The van der Waals surface area contributed by atoms with Gasteiger partial charge in [-0.3, -0.25) is 4.90 Å². The molecule has 0 heterocycles. The summed E-state index contributed by atoms with van der Waals surface area (Å²) in [4.78, 5) is 24.1. The molecule has 1 unspecified atom stereocenters. The lowest BCUT2D eigenvalue weighted by Crippen LogP contribution is -2.47. The van der Waals surface area contributed by atoms with Crippen molar-refractivity contribution in [3.8, 4) is 0 Å². The number of nitrogens with zero attached hydrogens (tertiary/aromatic N) is 1. The van der Waals surface area contributed by atoms with E-state index in [0.717, 1.165) is 4.90 Å². The Balaban J connectivity index is 2.68. The van der Waals surface area contributed by atoms with Gasteiger partial charge in [0.2, 0.25) is 0 Å². The van der Waals surface area contributed by atoms with Crippen molar-refractivity contribution in [3.63, 3.8) is 0 Å². The third-order valence-electron chi connectivity index (χ3n) is 2.96. The van der Waals surface area contributed by atoms with Gasteiger partial charge < -0.3 is 15.2 Å². The number of carbonyl (C=O) groups is 2. The summed E-state index contributed by atoms with van der Waals surface area (Å²) in [6, 6.07) is 4.05. The van der Waals surface area contributed by atoms with E-state index in [4.69, 9.17) is 9.84 Å². The average molecular weight is 298 g/mol. The summed E-state index contributed by atoms with van der Waals surface area (Å²) in [5.41, 5.74) is 0.0797. The Hall–Kier alpha value is -2.15. The van der Waals surface area contributed by atoms with Gasteiger partial charge in [0.05, 0.1) is 5.69 Å². The van der Waals surface area contributed by atoms with Gasteiger partial charge in [-0.05, 0) is 25.0 Å². The Morgan fingerprint density at radius 3 is 2.67 bits per heavy atom. The monoisotopic (exact) mass is 298 g/mol. The van der Waals surface area contributed by atoms with Crippen LogP contribution < -0.4 is 10.2 Å². The first-order valence-corrected chi connectivity index (χ1v) is 6.48. The van der Waals surface area contributed by atoms with Gasteiger partial charge in [0.1, 0.15) is 11.9 Å². The first-order valence-electron chi connectivity index (χ1n) is 6.48. The van der Waals surface area contributed by atoms with E-state index in [1.165, 1.54) is 32.4 Å². The summed E-state index contributed by atoms with van der Waals surface area (Å²) < 4.78 is 18.4. The maximum absolute atomic E-state index is 13.6. The molecule has 7 heteroatoms. The van der Waals surface area contributed by atoms with Crippen LogP contribution in [-0.2, 0) is 9.53 Å². The summed E-state index contributed by atoms with van der Waals surface area (Å²) in [5, 5.41) is 11.4. The number of methoxy groups -OCH3 is 1. The molecule has 0 aliphatic carbocycles. The molecule has 0 aliphatic rings. The highest BCUT2D eigenvalue weighted by atomic mass is 19.1. The number of ether oxygens (including phenoxy) is 1. The lowest BCUT2D eigenvalue weighted by atomic mass is 10.1. The molecular weight excluding hydrogens is 279 g/mol. The van der Waals surface area contributed by atoms with Crippen LogP contribution in [0.3, 0.4) is 0 Å². The van der Waals surface area contributed by atoms with Gasteiger partial charge in [-0.2, -0.15) is 0 Å². The van der Waals surface area contributed by atoms with E-state index in [2.05, 4.69) is 5.32 Å². The molecule has 0 aromatic heterocycles. The molecule has 0 saturated carbocycles. The maximum Gasteiger partial charge on any atom is 0.326 e. The van der Waals surface area contributed by atoms with Crippen LogP contribution in [0.2, 0.25) is 0 Å². The fourth-order valence-corrected chi connectivity index (χ4v) is 1.77. The molecule has 0 fully saturated rings. The molecule has 2 N–H and O–H groups in total. The number of amides is 2. The zero-order chi connectivity index (χ0) is 15.8. The van der Waals surface area contributed by atoms with Crippen LogP contribution in [0.5, 0.6) is 0 Å². The zero-order valence-electron chi connectivity index (χ0n) is 12.0. The summed E-state index contributed by atoms with van der Waals surface area (Å²) in [6.45, 7) is 0.406. The number of benzene rings is 1. The normalized spacial score (nSPS) is 11.8. The largest absolute Gasteiger partial charge is 0.480 e. The second kappa shape index (κ2) is 8.21. The topological polar surface area (TPSA) is 78.9 Å². The number of urea groups is 1. The maximum atomic E-state index is 13.6. The third kappa shape index (κ3) is 5.03. The molecule has 1 aromatic rings. The molecular formula is C14H19FN2O4. The number of anilines is 1. The van der Waals surface area contributed by atoms with Gasteiger partial charge in [0.25, 0.3) is 0 Å². The number of hydrogen-bond donors (Lipinski definition) is 2. The number of halogens is 1. The van der Waals surface area contributed by atoms with Gasteiger partial charge in [0, 0.05) is 20.8 Å². The number of hydrogen-bond acceptors (Lipinski definition) is 3. The molecule has 0 saturated heterocycles. The summed E-state index contributed by atoms with van der Waals surface area (Å²) >= 11 is 0. The van der Waals surface area contributed by atoms with Crippen LogP contribution in [0.4, 0.5) is 14.9 Å². The van der Waals surface area contributed by atoms with Gasteiger partial charge in [-0.25, -0.2) is 14.0 Å². The molecule has 0 bridgehead atoms. The molecule has 0 aliphatic heterocycles. The number of carboxylic acids is 1. The molecule has 1 rings (SSSR count). The molecule has 0 radical (unpaired) electrons. The third-order valence-corrected chi connectivity index (χ3v) is 2.96. The second-order valence-corrected chi connectivity index (χ2v) is 4.49. The van der Waals surface area contributed by atoms with Crippen molar-refractivity contribution in [3.05, 3.63) is 30.1 Å². The lowest BCUT2D eigenvalue weighted by Gasteiger charge is -2.21. The van der Waals surface area contributed by atoms with Crippen LogP contribution in [0.1, 0.15) is 12.8 Å². The number of carbonyl (C=O) groups excluding carboxylic acids is 1.